The van der Waals surface area contributed by atoms with E-state index in [1.165, 1.54) is 5.56 Å². The van der Waals surface area contributed by atoms with E-state index in [-0.39, 0.29) is 36.0 Å². The van der Waals surface area contributed by atoms with Gasteiger partial charge in [0.15, 0.2) is 0 Å². The Morgan fingerprint density at radius 1 is 0.831 bits per heavy atom. The number of pyridine rings is 1. The molecule has 3 saturated heterocycles. The summed E-state index contributed by atoms with van der Waals surface area (Å²) in [6.45, 7) is 4.47. The van der Waals surface area contributed by atoms with Gasteiger partial charge >= 0.3 is 0 Å². The number of anilines is 1. The zero-order valence-electron chi connectivity index (χ0n) is 33.7. The first kappa shape index (κ1) is 41.3. The fourth-order valence-electron chi connectivity index (χ4n) is 8.81. The van der Waals surface area contributed by atoms with Gasteiger partial charge in [0.05, 0.1) is 0 Å². The standard InChI is InChI=1S/C46H55N7O6/c54-41(17-11-33-7-4-23-47-30-33)49-24-2-1-6-32-19-26-52(27-20-32)45(58)36-14-12-34(13-15-36)35-21-28-51(29-22-35)43(56)10-5-25-48-39-9-3-8-37-38(39)31-53(46(37)59)40-16-18-42(55)50-44(40)57/h3-4,7-9,11-15,17,23,30,32,35,40,48H,1-2,5-6,10,16,18-22,24-29,31H2,(H,49,54)(H,50,55,57)/b17-11+. The van der Waals surface area contributed by atoms with E-state index in [0.717, 1.165) is 80.4 Å². The molecule has 0 bridgehead atoms. The molecule has 13 nitrogen and oxygen atoms in total. The van der Waals surface area contributed by atoms with Crippen molar-refractivity contribution in [2.45, 2.75) is 89.1 Å². The molecule has 4 aliphatic rings. The number of nitrogens with zero attached hydrogens (tertiary/aromatic N) is 4. The molecule has 2 aromatic carbocycles. The van der Waals surface area contributed by atoms with Crippen LogP contribution in [0.3, 0.4) is 0 Å². The maximum absolute atomic E-state index is 13.4. The van der Waals surface area contributed by atoms with Gasteiger partial charge in [0, 0.05) is 99.5 Å². The highest BCUT2D eigenvalue weighted by Gasteiger charge is 2.40. The normalized spacial score (nSPS) is 18.9. The Morgan fingerprint density at radius 3 is 2.36 bits per heavy atom. The number of hydrogen-bond donors (Lipinski definition) is 3. The van der Waals surface area contributed by atoms with Crippen molar-refractivity contribution in [2.75, 3.05) is 44.6 Å². The average Bonchev–Trinajstić information content (AvgIpc) is 3.60. The van der Waals surface area contributed by atoms with Gasteiger partial charge in [-0.05, 0) is 104 Å². The first-order valence-corrected chi connectivity index (χ1v) is 21.3. The van der Waals surface area contributed by atoms with E-state index in [1.807, 2.05) is 46.2 Å². The van der Waals surface area contributed by atoms with Crippen molar-refractivity contribution in [2.24, 2.45) is 5.92 Å². The number of carbonyl (C=O) groups excluding carboxylic acids is 6. The molecule has 13 heteroatoms. The highest BCUT2D eigenvalue weighted by Crippen LogP contribution is 2.33. The summed E-state index contributed by atoms with van der Waals surface area (Å²) in [6, 6.07) is 16.7. The van der Waals surface area contributed by atoms with Crippen LogP contribution in [0.1, 0.15) is 114 Å². The lowest BCUT2D eigenvalue weighted by molar-refractivity contribution is -0.137. The summed E-state index contributed by atoms with van der Waals surface area (Å²) in [7, 11) is 0. The predicted molar refractivity (Wildman–Crippen MR) is 224 cm³/mol. The Hall–Kier alpha value is -5.85. The smallest absolute Gasteiger partial charge is 0.255 e. The van der Waals surface area contributed by atoms with Gasteiger partial charge in [-0.2, -0.15) is 0 Å². The fraction of sp³-hybridized carbons (Fsp3) is 0.457. The lowest BCUT2D eigenvalue weighted by atomic mass is 9.88. The van der Waals surface area contributed by atoms with Crippen LogP contribution in [0.2, 0.25) is 0 Å². The second kappa shape index (κ2) is 19.7. The van der Waals surface area contributed by atoms with Crippen molar-refractivity contribution in [3.63, 3.8) is 0 Å². The number of aromatic nitrogens is 1. The average molecular weight is 802 g/mol. The number of fused-ring (bicyclic) bond motifs is 1. The third-order valence-electron chi connectivity index (χ3n) is 12.3. The number of hydrogen-bond acceptors (Lipinski definition) is 8. The van der Waals surface area contributed by atoms with Gasteiger partial charge in [-0.3, -0.25) is 39.1 Å². The number of benzene rings is 2. The molecule has 1 atom stereocenters. The van der Waals surface area contributed by atoms with Gasteiger partial charge in [-0.25, -0.2) is 0 Å². The number of nitrogens with one attached hydrogen (secondary N) is 3. The molecule has 310 valence electrons. The van der Waals surface area contributed by atoms with Crippen molar-refractivity contribution in [1.82, 2.24) is 30.3 Å². The summed E-state index contributed by atoms with van der Waals surface area (Å²) in [5, 5.41) is 8.70. The minimum Gasteiger partial charge on any atom is -0.385 e. The second-order valence-electron chi connectivity index (χ2n) is 16.2. The van der Waals surface area contributed by atoms with Gasteiger partial charge in [-0.1, -0.05) is 37.1 Å². The van der Waals surface area contributed by atoms with Crippen LogP contribution in [-0.2, 0) is 25.7 Å². The number of amides is 6. The summed E-state index contributed by atoms with van der Waals surface area (Å²) in [5.74, 6) is 0.139. The Morgan fingerprint density at radius 2 is 1.61 bits per heavy atom. The highest BCUT2D eigenvalue weighted by atomic mass is 16.2. The van der Waals surface area contributed by atoms with Crippen LogP contribution in [0.15, 0.2) is 73.1 Å². The summed E-state index contributed by atoms with van der Waals surface area (Å²) in [4.78, 5) is 85.3. The van der Waals surface area contributed by atoms with E-state index in [4.69, 9.17) is 0 Å². The van der Waals surface area contributed by atoms with Gasteiger partial charge in [-0.15, -0.1) is 0 Å². The molecule has 0 saturated carbocycles. The number of piperidine rings is 3. The van der Waals surface area contributed by atoms with E-state index in [9.17, 15) is 28.8 Å². The Bertz CT molecular complexity index is 2020. The zero-order valence-corrected chi connectivity index (χ0v) is 33.7. The first-order valence-electron chi connectivity index (χ1n) is 21.3. The largest absolute Gasteiger partial charge is 0.385 e. The van der Waals surface area contributed by atoms with Crippen molar-refractivity contribution in [1.29, 1.82) is 0 Å². The van der Waals surface area contributed by atoms with Crippen LogP contribution in [0, 0.1) is 5.92 Å². The maximum atomic E-state index is 13.4. The zero-order chi connectivity index (χ0) is 41.1. The molecule has 0 aliphatic carbocycles. The molecule has 0 spiro atoms. The van der Waals surface area contributed by atoms with Crippen LogP contribution in [0.25, 0.3) is 6.08 Å². The summed E-state index contributed by atoms with van der Waals surface area (Å²) >= 11 is 0. The SMILES string of the molecule is O=C(/C=C/c1cccnc1)NCCCCC1CCN(C(=O)c2ccc(C3CCN(C(=O)CCCNc4cccc5c4CN(C4CCC(=O)NC4=O)C5=O)CC3)cc2)CC1. The molecular formula is C46H55N7O6. The number of imide groups is 1. The van der Waals surface area contributed by atoms with Crippen LogP contribution in [0.4, 0.5) is 5.69 Å². The molecule has 3 N–H and O–H groups in total. The Balaban J connectivity index is 0.765. The van der Waals surface area contributed by atoms with Gasteiger partial charge in [0.25, 0.3) is 11.8 Å². The second-order valence-corrected chi connectivity index (χ2v) is 16.2. The van der Waals surface area contributed by atoms with Gasteiger partial charge < -0.3 is 25.3 Å². The van der Waals surface area contributed by atoms with E-state index in [1.54, 1.807) is 35.5 Å². The molecule has 5 heterocycles. The third kappa shape index (κ3) is 10.6. The number of likely N-dealkylation sites (tertiary alicyclic amines) is 2. The highest BCUT2D eigenvalue weighted by molar-refractivity contribution is 6.06. The van der Waals surface area contributed by atoms with Crippen molar-refractivity contribution in [3.05, 3.63) is 101 Å². The van der Waals surface area contributed by atoms with Crippen LogP contribution >= 0.6 is 0 Å². The lowest BCUT2D eigenvalue weighted by Crippen LogP contribution is -2.52. The molecule has 4 aliphatic heterocycles. The lowest BCUT2D eigenvalue weighted by Gasteiger charge is -2.33. The predicted octanol–water partition coefficient (Wildman–Crippen LogP) is 5.29. The minimum atomic E-state index is -0.658. The van der Waals surface area contributed by atoms with Gasteiger partial charge in [0.1, 0.15) is 6.04 Å². The molecule has 1 unspecified atom stereocenters. The van der Waals surface area contributed by atoms with Crippen LogP contribution in [-0.4, -0.2) is 100 Å². The molecular weight excluding hydrogens is 747 g/mol. The molecule has 0 radical (unpaired) electrons. The van der Waals surface area contributed by atoms with Crippen LogP contribution < -0.4 is 16.0 Å². The summed E-state index contributed by atoms with van der Waals surface area (Å²) in [5.41, 5.74) is 5.05. The summed E-state index contributed by atoms with van der Waals surface area (Å²) in [6.07, 6.45) is 15.2. The van der Waals surface area contributed by atoms with E-state index >= 15 is 0 Å². The number of carbonyl (C=O) groups is 6. The molecule has 6 amide bonds. The molecule has 1 aromatic heterocycles. The fourth-order valence-corrected chi connectivity index (χ4v) is 8.81. The third-order valence-corrected chi connectivity index (χ3v) is 12.3. The van der Waals surface area contributed by atoms with E-state index in [0.29, 0.717) is 69.4 Å². The molecule has 3 fully saturated rings. The van der Waals surface area contributed by atoms with Crippen molar-refractivity contribution >= 4 is 47.2 Å². The molecule has 7 rings (SSSR count). The minimum absolute atomic E-state index is 0.0892. The Kier molecular flexibility index (Phi) is 13.8. The number of unbranched alkanes of at least 4 members (excludes halogenated alkanes) is 1. The Labute approximate surface area is 346 Å². The molecule has 59 heavy (non-hydrogen) atoms. The van der Waals surface area contributed by atoms with Gasteiger partial charge in [0.2, 0.25) is 23.6 Å². The number of rotatable bonds is 15. The maximum Gasteiger partial charge on any atom is 0.255 e. The van der Waals surface area contributed by atoms with E-state index in [2.05, 4.69) is 33.1 Å². The monoisotopic (exact) mass is 801 g/mol. The first-order chi connectivity index (χ1) is 28.7. The molecule has 3 aromatic rings. The topological polar surface area (TPSA) is 161 Å². The van der Waals surface area contributed by atoms with Crippen LogP contribution in [0.5, 0.6) is 0 Å². The van der Waals surface area contributed by atoms with Crippen molar-refractivity contribution < 1.29 is 28.8 Å². The summed E-state index contributed by atoms with van der Waals surface area (Å²) < 4.78 is 0. The quantitative estimate of drug-likeness (QED) is 0.106. The van der Waals surface area contributed by atoms with E-state index < -0.39 is 11.9 Å². The van der Waals surface area contributed by atoms with Crippen molar-refractivity contribution in [3.8, 4) is 0 Å².